The Labute approximate surface area is 58.7 Å². The lowest BCUT2D eigenvalue weighted by Gasteiger charge is -1.94. The second kappa shape index (κ2) is 2.64. The van der Waals surface area contributed by atoms with Crippen LogP contribution in [0, 0.1) is 0 Å². The van der Waals surface area contributed by atoms with Crippen molar-refractivity contribution in [1.29, 1.82) is 0 Å². The molecule has 0 aromatic heterocycles. The van der Waals surface area contributed by atoms with Crippen LogP contribution in [0.1, 0.15) is 13.3 Å². The van der Waals surface area contributed by atoms with Crippen molar-refractivity contribution >= 4 is 12.3 Å². The van der Waals surface area contributed by atoms with Crippen molar-refractivity contribution in [1.82, 2.24) is 0 Å². The Morgan fingerprint density at radius 2 is 2.40 bits per heavy atom. The zero-order valence-corrected chi connectivity index (χ0v) is 5.66. The molecule has 1 heterocycles. The molecule has 0 radical (unpaired) electrons. The van der Waals surface area contributed by atoms with Crippen molar-refractivity contribution in [2.24, 2.45) is 0 Å². The number of esters is 1. The molecule has 10 heavy (non-hydrogen) atoms. The maximum atomic E-state index is 10.7. The third-order valence-electron chi connectivity index (χ3n) is 1.35. The van der Waals surface area contributed by atoms with E-state index in [9.17, 15) is 9.59 Å². The second-order valence-corrected chi connectivity index (χ2v) is 2.25. The van der Waals surface area contributed by atoms with Crippen LogP contribution in [-0.4, -0.2) is 18.4 Å². The Bertz CT molecular complexity index is 193. The van der Waals surface area contributed by atoms with E-state index in [1.165, 1.54) is 6.08 Å². The summed E-state index contributed by atoms with van der Waals surface area (Å²) in [4.78, 5) is 20.7. The molecule has 1 saturated heterocycles. The van der Waals surface area contributed by atoms with E-state index in [1.54, 1.807) is 6.92 Å². The topological polar surface area (TPSA) is 43.4 Å². The first-order valence-corrected chi connectivity index (χ1v) is 3.09. The van der Waals surface area contributed by atoms with Gasteiger partial charge in [-0.05, 0) is 13.0 Å². The lowest BCUT2D eigenvalue weighted by Crippen LogP contribution is -1.99. The van der Waals surface area contributed by atoms with Crippen molar-refractivity contribution in [2.45, 2.75) is 19.4 Å². The molecule has 1 fully saturated rings. The van der Waals surface area contributed by atoms with Gasteiger partial charge in [0.05, 0.1) is 0 Å². The van der Waals surface area contributed by atoms with Gasteiger partial charge in [-0.25, -0.2) is 4.79 Å². The fourth-order valence-electron chi connectivity index (χ4n) is 0.911. The van der Waals surface area contributed by atoms with Gasteiger partial charge in [0.25, 0.3) is 0 Å². The summed E-state index contributed by atoms with van der Waals surface area (Å²) in [6.07, 6.45) is 2.34. The third kappa shape index (κ3) is 1.23. The molecule has 0 bridgehead atoms. The van der Waals surface area contributed by atoms with Gasteiger partial charge in [0, 0.05) is 12.0 Å². The van der Waals surface area contributed by atoms with Crippen LogP contribution in [-0.2, 0) is 14.3 Å². The monoisotopic (exact) mass is 140 g/mol. The van der Waals surface area contributed by atoms with Crippen LogP contribution >= 0.6 is 0 Å². The van der Waals surface area contributed by atoms with Crippen molar-refractivity contribution < 1.29 is 14.3 Å². The van der Waals surface area contributed by atoms with E-state index >= 15 is 0 Å². The van der Waals surface area contributed by atoms with Crippen LogP contribution in [0.5, 0.6) is 0 Å². The smallest absolute Gasteiger partial charge is 0.334 e. The summed E-state index contributed by atoms with van der Waals surface area (Å²) in [6, 6.07) is 0. The van der Waals surface area contributed by atoms with Gasteiger partial charge >= 0.3 is 5.97 Å². The molecule has 1 rings (SSSR count). The van der Waals surface area contributed by atoms with Gasteiger partial charge < -0.3 is 4.74 Å². The van der Waals surface area contributed by atoms with E-state index in [-0.39, 0.29) is 12.1 Å². The van der Waals surface area contributed by atoms with Gasteiger partial charge in [0.1, 0.15) is 12.4 Å². The minimum atomic E-state index is -0.361. The van der Waals surface area contributed by atoms with E-state index in [0.717, 1.165) is 0 Å². The number of carbonyl (C=O) groups is 2. The molecule has 0 amide bonds. The van der Waals surface area contributed by atoms with Crippen LogP contribution in [0.15, 0.2) is 11.6 Å². The third-order valence-corrected chi connectivity index (χ3v) is 1.35. The molecular formula is C7H8O3. The zero-order chi connectivity index (χ0) is 7.56. The first-order valence-electron chi connectivity index (χ1n) is 3.09. The average molecular weight is 140 g/mol. The molecule has 0 saturated carbocycles. The van der Waals surface area contributed by atoms with Crippen LogP contribution in [0.25, 0.3) is 0 Å². The van der Waals surface area contributed by atoms with Gasteiger partial charge in [-0.2, -0.15) is 0 Å². The summed E-state index contributed by atoms with van der Waals surface area (Å²) in [5.41, 5.74) is 0.475. The summed E-state index contributed by atoms with van der Waals surface area (Å²) in [5, 5.41) is 0. The van der Waals surface area contributed by atoms with E-state index in [2.05, 4.69) is 0 Å². The first-order chi connectivity index (χ1) is 4.74. The maximum Gasteiger partial charge on any atom is 0.334 e. The highest BCUT2D eigenvalue weighted by Gasteiger charge is 2.24. The molecular weight excluding hydrogens is 132 g/mol. The summed E-state index contributed by atoms with van der Waals surface area (Å²) < 4.78 is 4.76. The van der Waals surface area contributed by atoms with Gasteiger partial charge in [0.15, 0.2) is 0 Å². The number of hydrogen-bond donors (Lipinski definition) is 0. The summed E-state index contributed by atoms with van der Waals surface area (Å²) in [5.74, 6) is -0.361. The lowest BCUT2D eigenvalue weighted by atomic mass is 10.2. The highest BCUT2D eigenvalue weighted by Crippen LogP contribution is 2.18. The van der Waals surface area contributed by atoms with Crippen molar-refractivity contribution in [3.05, 3.63) is 11.6 Å². The molecule has 0 spiro atoms. The fraction of sp³-hybridized carbons (Fsp3) is 0.429. The Balaban J connectivity index is 2.72. The van der Waals surface area contributed by atoms with Crippen LogP contribution in [0.3, 0.4) is 0 Å². The largest absolute Gasteiger partial charge is 0.459 e. The first kappa shape index (κ1) is 6.99. The number of carbonyl (C=O) groups excluding carboxylic acids is 2. The minimum absolute atomic E-state index is 0.0706. The molecule has 0 aromatic rings. The Kier molecular flexibility index (Phi) is 1.85. The van der Waals surface area contributed by atoms with E-state index < -0.39 is 0 Å². The quantitative estimate of drug-likeness (QED) is 0.301. The number of hydrogen-bond acceptors (Lipinski definition) is 3. The van der Waals surface area contributed by atoms with Crippen LogP contribution in [0.2, 0.25) is 0 Å². The van der Waals surface area contributed by atoms with Crippen molar-refractivity contribution in [3.63, 3.8) is 0 Å². The Hall–Kier alpha value is -1.12. The van der Waals surface area contributed by atoms with E-state index in [1.807, 2.05) is 0 Å². The average Bonchev–Trinajstić information content (AvgIpc) is 2.13. The van der Waals surface area contributed by atoms with Crippen molar-refractivity contribution in [2.75, 3.05) is 0 Å². The molecule has 1 unspecified atom stereocenters. The number of allylic oxidation sites excluding steroid dienone is 1. The normalized spacial score (nSPS) is 28.7. The SMILES string of the molecule is CC1C/C(=C\C=O)C(=O)O1. The predicted octanol–water partition coefficient (Wildman–Crippen LogP) is 0.447. The molecule has 0 aliphatic carbocycles. The Morgan fingerprint density at radius 1 is 1.70 bits per heavy atom. The molecule has 0 aromatic carbocycles. The molecule has 1 aliphatic rings. The number of rotatable bonds is 1. The summed E-state index contributed by atoms with van der Waals surface area (Å²) in [6.45, 7) is 1.80. The predicted molar refractivity (Wildman–Crippen MR) is 34.3 cm³/mol. The molecule has 3 nitrogen and oxygen atoms in total. The van der Waals surface area contributed by atoms with Gasteiger partial charge in [-0.1, -0.05) is 0 Å². The molecule has 0 N–H and O–H groups in total. The minimum Gasteiger partial charge on any atom is -0.459 e. The fourth-order valence-corrected chi connectivity index (χ4v) is 0.911. The van der Waals surface area contributed by atoms with E-state index in [4.69, 9.17) is 4.74 Å². The maximum absolute atomic E-state index is 10.7. The molecule has 1 atom stereocenters. The molecule has 3 heteroatoms. The lowest BCUT2D eigenvalue weighted by molar-refractivity contribution is -0.138. The van der Waals surface area contributed by atoms with Crippen LogP contribution in [0.4, 0.5) is 0 Å². The summed E-state index contributed by atoms with van der Waals surface area (Å²) >= 11 is 0. The number of aldehydes is 1. The molecule has 54 valence electrons. The van der Waals surface area contributed by atoms with Crippen molar-refractivity contribution in [3.8, 4) is 0 Å². The second-order valence-electron chi connectivity index (χ2n) is 2.25. The van der Waals surface area contributed by atoms with Gasteiger partial charge in [-0.15, -0.1) is 0 Å². The standard InChI is InChI=1S/C7H8O3/c1-5-4-6(2-3-8)7(9)10-5/h2-3,5H,4H2,1H3/b6-2+. The molecule has 1 aliphatic heterocycles. The number of cyclic esters (lactones) is 1. The van der Waals surface area contributed by atoms with Crippen LogP contribution < -0.4 is 0 Å². The zero-order valence-electron chi connectivity index (χ0n) is 5.66. The number of ether oxygens (including phenoxy) is 1. The summed E-state index contributed by atoms with van der Waals surface area (Å²) in [7, 11) is 0. The highest BCUT2D eigenvalue weighted by molar-refractivity contribution is 5.94. The van der Waals surface area contributed by atoms with E-state index in [0.29, 0.717) is 18.3 Å². The van der Waals surface area contributed by atoms with Gasteiger partial charge in [-0.3, -0.25) is 4.79 Å². The Morgan fingerprint density at radius 3 is 2.80 bits per heavy atom. The highest BCUT2D eigenvalue weighted by atomic mass is 16.5. The van der Waals surface area contributed by atoms with Gasteiger partial charge in [0.2, 0.25) is 0 Å².